The smallest absolute Gasteiger partial charge is 0.237 e. The molecule has 3 rings (SSSR count). The quantitative estimate of drug-likeness (QED) is 0.488. The second kappa shape index (κ2) is 10.3. The summed E-state index contributed by atoms with van der Waals surface area (Å²) in [5.41, 5.74) is 4.41. The molecule has 2 amide bonds. The predicted molar refractivity (Wildman–Crippen MR) is 128 cm³/mol. The first-order chi connectivity index (χ1) is 15.5. The Morgan fingerprint density at radius 1 is 1.27 bits per heavy atom. The number of carbonyl (C=O) groups is 2. The first kappa shape index (κ1) is 25.3. The number of hydrogen-bond donors (Lipinski definition) is 4. The van der Waals surface area contributed by atoms with Crippen LogP contribution in [-0.2, 0) is 16.1 Å². The van der Waals surface area contributed by atoms with E-state index in [1.807, 2.05) is 57.5 Å². The number of carbonyl (C=O) groups excluding carboxylic acids is 2. The number of nitrogens with one attached hydrogen (secondary N) is 2. The number of aliphatic hydroxyl groups excluding tert-OH is 2. The number of thiazole rings is 1. The maximum absolute atomic E-state index is 13.0. The lowest BCUT2D eigenvalue weighted by molar-refractivity contribution is -0.134. The van der Waals surface area contributed by atoms with Gasteiger partial charge >= 0.3 is 0 Å². The van der Waals surface area contributed by atoms with Crippen LogP contribution in [0.25, 0.3) is 10.4 Å². The fraction of sp³-hybridized carbons (Fsp3) is 0.542. The molecule has 2 aromatic rings. The Morgan fingerprint density at radius 2 is 1.94 bits per heavy atom. The van der Waals surface area contributed by atoms with Crippen molar-refractivity contribution < 1.29 is 19.8 Å². The Bertz CT molecular complexity index is 970. The largest absolute Gasteiger partial charge is 0.392 e. The first-order valence-electron chi connectivity index (χ1n) is 11.1. The molecule has 8 nitrogen and oxygen atoms in total. The molecule has 33 heavy (non-hydrogen) atoms. The Balaban J connectivity index is 1.66. The number of likely N-dealkylation sites (tertiary alicyclic amines) is 1. The average molecular weight is 475 g/mol. The minimum atomic E-state index is -1.11. The highest BCUT2D eigenvalue weighted by molar-refractivity contribution is 7.13. The number of β-amino-alcohol motifs (C(OH)–C–C–N with tert-alkyl or cyclic N) is 1. The van der Waals surface area contributed by atoms with Gasteiger partial charge in [0, 0.05) is 20.0 Å². The summed E-state index contributed by atoms with van der Waals surface area (Å²) in [5, 5.41) is 27.0. The van der Waals surface area contributed by atoms with E-state index < -0.39 is 29.8 Å². The number of aryl methyl sites for hydroxylation is 1. The van der Waals surface area contributed by atoms with Gasteiger partial charge in [0.2, 0.25) is 11.8 Å². The van der Waals surface area contributed by atoms with Gasteiger partial charge in [-0.05, 0) is 29.9 Å². The van der Waals surface area contributed by atoms with Crippen LogP contribution < -0.4 is 10.6 Å². The summed E-state index contributed by atoms with van der Waals surface area (Å²) in [5.74, 6) is -0.518. The fourth-order valence-electron chi connectivity index (χ4n) is 4.20. The second-order valence-electron chi connectivity index (χ2n) is 9.74. The van der Waals surface area contributed by atoms with E-state index >= 15 is 0 Å². The third-order valence-corrected chi connectivity index (χ3v) is 6.96. The van der Waals surface area contributed by atoms with Gasteiger partial charge in [0.25, 0.3) is 0 Å². The van der Waals surface area contributed by atoms with E-state index in [-0.39, 0.29) is 24.8 Å². The Labute approximate surface area is 199 Å². The van der Waals surface area contributed by atoms with Gasteiger partial charge in [-0.3, -0.25) is 14.5 Å². The van der Waals surface area contributed by atoms with Crippen LogP contribution in [0.3, 0.4) is 0 Å². The lowest BCUT2D eigenvalue weighted by Crippen LogP contribution is -2.60. The van der Waals surface area contributed by atoms with Crippen LogP contribution in [0.1, 0.15) is 45.4 Å². The third kappa shape index (κ3) is 6.17. The van der Waals surface area contributed by atoms with Gasteiger partial charge in [-0.15, -0.1) is 11.3 Å². The highest BCUT2D eigenvalue weighted by atomic mass is 32.1. The Morgan fingerprint density at radius 3 is 2.48 bits per heavy atom. The summed E-state index contributed by atoms with van der Waals surface area (Å²) >= 11 is 1.59. The first-order valence-corrected chi connectivity index (χ1v) is 12.0. The summed E-state index contributed by atoms with van der Waals surface area (Å²) in [6.07, 6.45) is -1.61. The van der Waals surface area contributed by atoms with E-state index in [0.717, 1.165) is 21.7 Å². The van der Waals surface area contributed by atoms with Crippen LogP contribution in [0, 0.1) is 12.3 Å². The van der Waals surface area contributed by atoms with Gasteiger partial charge in [0.1, 0.15) is 6.23 Å². The van der Waals surface area contributed by atoms with Gasteiger partial charge in [-0.2, -0.15) is 0 Å². The topological polar surface area (TPSA) is 115 Å². The van der Waals surface area contributed by atoms with Crippen LogP contribution >= 0.6 is 11.3 Å². The minimum absolute atomic E-state index is 0.161. The highest BCUT2D eigenvalue weighted by Crippen LogP contribution is 2.29. The molecule has 1 fully saturated rings. The van der Waals surface area contributed by atoms with Crippen molar-refractivity contribution in [3.05, 3.63) is 41.0 Å². The van der Waals surface area contributed by atoms with Crippen molar-refractivity contribution in [3.8, 4) is 10.4 Å². The normalized spacial score (nSPS) is 20.9. The molecule has 0 spiro atoms. The van der Waals surface area contributed by atoms with Crippen LogP contribution in [0.5, 0.6) is 0 Å². The van der Waals surface area contributed by atoms with Crippen LogP contribution in [0.4, 0.5) is 0 Å². The SMILES string of the molecule is CC(=O)N[C@H](C(O)N1C[C@H](O)C[C@H]1C(=O)NCc1ccc(-c2scnc2C)cc1)C(C)(C)C. The van der Waals surface area contributed by atoms with Crippen LogP contribution in [-0.4, -0.2) is 62.9 Å². The van der Waals surface area contributed by atoms with E-state index in [2.05, 4.69) is 15.6 Å². The van der Waals surface area contributed by atoms with Gasteiger partial charge < -0.3 is 20.8 Å². The molecule has 1 aromatic heterocycles. The predicted octanol–water partition coefficient (Wildman–Crippen LogP) is 2.04. The van der Waals surface area contributed by atoms with Gasteiger partial charge in [0.15, 0.2) is 0 Å². The monoisotopic (exact) mass is 474 g/mol. The minimum Gasteiger partial charge on any atom is -0.392 e. The molecule has 4 atom stereocenters. The summed E-state index contributed by atoms with van der Waals surface area (Å²) in [7, 11) is 0. The van der Waals surface area contributed by atoms with E-state index in [1.54, 1.807) is 16.2 Å². The molecule has 1 aliphatic rings. The van der Waals surface area contributed by atoms with Crippen molar-refractivity contribution in [3.63, 3.8) is 0 Å². The average Bonchev–Trinajstić information content (AvgIpc) is 3.35. The second-order valence-corrected chi connectivity index (χ2v) is 10.6. The van der Waals surface area contributed by atoms with E-state index in [1.165, 1.54) is 6.92 Å². The van der Waals surface area contributed by atoms with E-state index in [4.69, 9.17) is 0 Å². The number of amides is 2. The molecule has 1 aromatic carbocycles. The van der Waals surface area contributed by atoms with Crippen LogP contribution in [0.15, 0.2) is 29.8 Å². The van der Waals surface area contributed by atoms with Gasteiger partial charge in [0.05, 0.1) is 34.3 Å². The molecule has 0 radical (unpaired) electrons. The van der Waals surface area contributed by atoms with Crippen molar-refractivity contribution in [1.82, 2.24) is 20.5 Å². The Kier molecular flexibility index (Phi) is 7.89. The number of nitrogens with zero attached hydrogens (tertiary/aromatic N) is 2. The zero-order valence-electron chi connectivity index (χ0n) is 19.8. The summed E-state index contributed by atoms with van der Waals surface area (Å²) in [6.45, 7) is 9.61. The molecular weight excluding hydrogens is 440 g/mol. The highest BCUT2D eigenvalue weighted by Gasteiger charge is 2.44. The Hall–Kier alpha value is -2.33. The summed E-state index contributed by atoms with van der Waals surface area (Å²) in [4.78, 5) is 31.7. The van der Waals surface area contributed by atoms with Crippen molar-refractivity contribution in [2.75, 3.05) is 6.54 Å². The lowest BCUT2D eigenvalue weighted by Gasteiger charge is -2.40. The fourth-order valence-corrected chi connectivity index (χ4v) is 5.01. The number of aromatic nitrogens is 1. The van der Waals surface area contributed by atoms with Crippen molar-refractivity contribution in [2.24, 2.45) is 5.41 Å². The number of benzene rings is 1. The lowest BCUT2D eigenvalue weighted by atomic mass is 9.85. The molecule has 1 saturated heterocycles. The molecule has 0 aliphatic carbocycles. The summed E-state index contributed by atoms with van der Waals surface area (Å²) < 4.78 is 0. The van der Waals surface area contributed by atoms with E-state index in [9.17, 15) is 19.8 Å². The van der Waals surface area contributed by atoms with Crippen molar-refractivity contribution in [2.45, 2.75) is 72.0 Å². The zero-order chi connectivity index (χ0) is 24.3. The molecule has 1 unspecified atom stereocenters. The number of rotatable bonds is 7. The number of hydrogen-bond acceptors (Lipinski definition) is 7. The third-order valence-electron chi connectivity index (χ3n) is 5.98. The molecule has 180 valence electrons. The van der Waals surface area contributed by atoms with Gasteiger partial charge in [-0.1, -0.05) is 45.0 Å². The van der Waals surface area contributed by atoms with E-state index in [0.29, 0.717) is 6.54 Å². The molecule has 2 heterocycles. The molecule has 0 saturated carbocycles. The molecular formula is C24H34N4O4S. The van der Waals surface area contributed by atoms with Gasteiger partial charge in [-0.25, -0.2) is 4.98 Å². The maximum atomic E-state index is 13.0. The molecule has 1 aliphatic heterocycles. The maximum Gasteiger partial charge on any atom is 0.237 e. The standard InChI is InChI=1S/C24H34N4O4S/c1-14-20(33-13-26-14)17-8-6-16(7-9-17)11-25-22(31)19-10-18(30)12-28(19)23(32)21(24(3,4)5)27-15(2)29/h6-9,13,18-19,21,23,30,32H,10-12H2,1-5H3,(H,25,31)(H,27,29)/t18-,19+,21-,23?/m1/s1. The van der Waals surface area contributed by atoms with Crippen molar-refractivity contribution >= 4 is 23.2 Å². The number of aliphatic hydroxyl groups is 2. The molecule has 9 heteroatoms. The van der Waals surface area contributed by atoms with Crippen LogP contribution in [0.2, 0.25) is 0 Å². The molecule has 4 N–H and O–H groups in total. The zero-order valence-corrected chi connectivity index (χ0v) is 20.6. The molecule has 0 bridgehead atoms. The van der Waals surface area contributed by atoms with Crippen molar-refractivity contribution in [1.29, 1.82) is 0 Å². The summed E-state index contributed by atoms with van der Waals surface area (Å²) in [6, 6.07) is 6.68.